The molecule has 4 nitrogen and oxygen atoms in total. The Hall–Kier alpha value is -1.85. The summed E-state index contributed by atoms with van der Waals surface area (Å²) in [5, 5.41) is 9.81. The van der Waals surface area contributed by atoms with Crippen LogP contribution >= 0.6 is 11.8 Å². The molecule has 2 aromatic rings. The van der Waals surface area contributed by atoms with Gasteiger partial charge in [-0.1, -0.05) is 23.9 Å². The number of aromatic nitrogens is 1. The zero-order chi connectivity index (χ0) is 14.5. The van der Waals surface area contributed by atoms with E-state index in [4.69, 9.17) is 9.84 Å². The minimum Gasteiger partial charge on any atom is -0.465 e. The van der Waals surface area contributed by atoms with E-state index in [1.165, 1.54) is 18.9 Å². The molecule has 104 valence electrons. The van der Waals surface area contributed by atoms with E-state index in [9.17, 15) is 4.79 Å². The highest BCUT2D eigenvalue weighted by Crippen LogP contribution is 2.27. The number of aliphatic hydroxyl groups is 1. The second-order valence-electron chi connectivity index (χ2n) is 4.18. The Balaban J connectivity index is 2.17. The molecule has 5 heteroatoms. The lowest BCUT2D eigenvalue weighted by Crippen LogP contribution is -2.05. The van der Waals surface area contributed by atoms with Crippen LogP contribution in [0.1, 0.15) is 21.6 Å². The third-order valence-corrected chi connectivity index (χ3v) is 3.74. The molecule has 0 atom stereocenters. The van der Waals surface area contributed by atoms with Crippen molar-refractivity contribution in [2.45, 2.75) is 23.5 Å². The van der Waals surface area contributed by atoms with Crippen LogP contribution in [-0.4, -0.2) is 23.2 Å². The largest absolute Gasteiger partial charge is 0.465 e. The molecule has 0 spiro atoms. The monoisotopic (exact) mass is 289 g/mol. The molecule has 0 aliphatic rings. The number of nitrogens with zero attached hydrogens (tertiary/aromatic N) is 1. The smallest absolute Gasteiger partial charge is 0.339 e. The first kappa shape index (κ1) is 14.6. The predicted molar refractivity (Wildman–Crippen MR) is 76.8 cm³/mol. The van der Waals surface area contributed by atoms with E-state index >= 15 is 0 Å². The Labute approximate surface area is 121 Å². The summed E-state index contributed by atoms with van der Waals surface area (Å²) in [7, 11) is 1.35. The molecule has 0 fully saturated rings. The molecule has 0 saturated carbocycles. The van der Waals surface area contributed by atoms with Crippen molar-refractivity contribution >= 4 is 17.7 Å². The number of rotatable bonds is 4. The van der Waals surface area contributed by atoms with Crippen molar-refractivity contribution in [3.63, 3.8) is 0 Å². The van der Waals surface area contributed by atoms with Gasteiger partial charge in [-0.2, -0.15) is 0 Å². The summed E-state index contributed by atoms with van der Waals surface area (Å²) in [5.41, 5.74) is 2.00. The van der Waals surface area contributed by atoms with Crippen molar-refractivity contribution in [1.29, 1.82) is 0 Å². The Morgan fingerprint density at radius 2 is 1.95 bits per heavy atom. The quantitative estimate of drug-likeness (QED) is 0.877. The van der Waals surface area contributed by atoms with Gasteiger partial charge in [-0.3, -0.25) is 0 Å². The van der Waals surface area contributed by atoms with Crippen LogP contribution in [0.15, 0.2) is 46.3 Å². The third kappa shape index (κ3) is 3.37. The van der Waals surface area contributed by atoms with Crippen molar-refractivity contribution < 1.29 is 14.6 Å². The van der Waals surface area contributed by atoms with Gasteiger partial charge in [-0.05, 0) is 36.8 Å². The Bertz CT molecular complexity index is 611. The van der Waals surface area contributed by atoms with Gasteiger partial charge in [0.15, 0.2) is 0 Å². The fourth-order valence-corrected chi connectivity index (χ4v) is 2.54. The van der Waals surface area contributed by atoms with Crippen molar-refractivity contribution in [2.75, 3.05) is 7.11 Å². The molecular formula is C15H15NO3S. The van der Waals surface area contributed by atoms with Crippen LogP contribution in [0.5, 0.6) is 0 Å². The first-order valence-electron chi connectivity index (χ1n) is 6.07. The van der Waals surface area contributed by atoms with Gasteiger partial charge in [0.2, 0.25) is 0 Å². The van der Waals surface area contributed by atoms with Crippen LogP contribution in [0.3, 0.4) is 0 Å². The van der Waals surface area contributed by atoms with Crippen LogP contribution in [0.25, 0.3) is 0 Å². The van der Waals surface area contributed by atoms with Gasteiger partial charge in [0.05, 0.1) is 25.0 Å². The Kier molecular flexibility index (Phi) is 4.76. The van der Waals surface area contributed by atoms with Crippen molar-refractivity contribution in [2.24, 2.45) is 0 Å². The predicted octanol–water partition coefficient (Wildman–Crippen LogP) is 2.82. The summed E-state index contributed by atoms with van der Waals surface area (Å²) < 4.78 is 4.69. The van der Waals surface area contributed by atoms with Crippen LogP contribution in [-0.2, 0) is 11.3 Å². The SMILES string of the molecule is COC(=O)c1ccc(Sc2ccc(CO)cc2)nc1C. The first-order valence-corrected chi connectivity index (χ1v) is 6.89. The molecule has 1 N–H and O–H groups in total. The highest BCUT2D eigenvalue weighted by Gasteiger charge is 2.11. The number of carbonyl (C=O) groups excluding carboxylic acids is 1. The van der Waals surface area contributed by atoms with Crippen LogP contribution in [0.2, 0.25) is 0 Å². The van der Waals surface area contributed by atoms with Crippen LogP contribution in [0, 0.1) is 6.92 Å². The molecule has 0 aliphatic carbocycles. The standard InChI is InChI=1S/C15H15NO3S/c1-10-13(15(18)19-2)7-8-14(16-10)20-12-5-3-11(9-17)4-6-12/h3-8,17H,9H2,1-2H3. The maximum Gasteiger partial charge on any atom is 0.339 e. The number of hydrogen-bond acceptors (Lipinski definition) is 5. The summed E-state index contributed by atoms with van der Waals surface area (Å²) in [6, 6.07) is 11.1. The van der Waals surface area contributed by atoms with Crippen molar-refractivity contribution in [3.05, 3.63) is 53.2 Å². The lowest BCUT2D eigenvalue weighted by molar-refractivity contribution is 0.0599. The van der Waals surface area contributed by atoms with E-state index < -0.39 is 0 Å². The van der Waals surface area contributed by atoms with Gasteiger partial charge in [0.1, 0.15) is 5.03 Å². The number of carbonyl (C=O) groups is 1. The van der Waals surface area contributed by atoms with Gasteiger partial charge < -0.3 is 9.84 Å². The highest BCUT2D eigenvalue weighted by atomic mass is 32.2. The summed E-state index contributed by atoms with van der Waals surface area (Å²) in [6.45, 7) is 1.82. The fourth-order valence-electron chi connectivity index (χ4n) is 1.70. The lowest BCUT2D eigenvalue weighted by Gasteiger charge is -2.06. The number of aryl methyl sites for hydroxylation is 1. The zero-order valence-corrected chi connectivity index (χ0v) is 12.1. The third-order valence-electron chi connectivity index (χ3n) is 2.79. The molecule has 1 aromatic heterocycles. The van der Waals surface area contributed by atoms with E-state index in [1.807, 2.05) is 24.3 Å². The number of methoxy groups -OCH3 is 1. The second-order valence-corrected chi connectivity index (χ2v) is 5.27. The van der Waals surface area contributed by atoms with Gasteiger partial charge in [-0.15, -0.1) is 0 Å². The second kappa shape index (κ2) is 6.54. The van der Waals surface area contributed by atoms with E-state index in [1.54, 1.807) is 19.1 Å². The number of aliphatic hydroxyl groups excluding tert-OH is 1. The Morgan fingerprint density at radius 3 is 2.50 bits per heavy atom. The molecule has 2 rings (SSSR count). The first-order chi connectivity index (χ1) is 9.63. The topological polar surface area (TPSA) is 59.4 Å². The van der Waals surface area contributed by atoms with Crippen LogP contribution in [0.4, 0.5) is 0 Å². The molecule has 1 heterocycles. The summed E-state index contributed by atoms with van der Waals surface area (Å²) >= 11 is 1.50. The number of ether oxygens (including phenoxy) is 1. The maximum absolute atomic E-state index is 11.5. The van der Waals surface area contributed by atoms with E-state index in [0.29, 0.717) is 11.3 Å². The number of pyridine rings is 1. The van der Waals surface area contributed by atoms with Crippen LogP contribution < -0.4 is 0 Å². The number of hydrogen-bond donors (Lipinski definition) is 1. The normalized spacial score (nSPS) is 10.3. The molecule has 0 saturated heterocycles. The van der Waals surface area contributed by atoms with Gasteiger partial charge >= 0.3 is 5.97 Å². The molecule has 20 heavy (non-hydrogen) atoms. The minimum absolute atomic E-state index is 0.0378. The minimum atomic E-state index is -0.376. The number of benzene rings is 1. The average Bonchev–Trinajstić information content (AvgIpc) is 2.47. The van der Waals surface area contributed by atoms with Gasteiger partial charge in [0, 0.05) is 4.90 Å². The summed E-state index contributed by atoms with van der Waals surface area (Å²) in [5.74, 6) is -0.376. The molecule has 0 radical (unpaired) electrons. The number of esters is 1. The fraction of sp³-hybridized carbons (Fsp3) is 0.200. The molecular weight excluding hydrogens is 274 g/mol. The van der Waals surface area contributed by atoms with E-state index in [-0.39, 0.29) is 12.6 Å². The molecule has 0 bridgehead atoms. The zero-order valence-electron chi connectivity index (χ0n) is 11.3. The van der Waals surface area contributed by atoms with E-state index in [0.717, 1.165) is 15.5 Å². The summed E-state index contributed by atoms with van der Waals surface area (Å²) in [4.78, 5) is 16.9. The van der Waals surface area contributed by atoms with Crippen molar-refractivity contribution in [3.8, 4) is 0 Å². The van der Waals surface area contributed by atoms with E-state index in [2.05, 4.69) is 4.98 Å². The maximum atomic E-state index is 11.5. The summed E-state index contributed by atoms with van der Waals surface area (Å²) in [6.07, 6.45) is 0. The van der Waals surface area contributed by atoms with Crippen molar-refractivity contribution in [1.82, 2.24) is 4.98 Å². The molecule has 0 amide bonds. The Morgan fingerprint density at radius 1 is 1.25 bits per heavy atom. The highest BCUT2D eigenvalue weighted by molar-refractivity contribution is 7.99. The van der Waals surface area contributed by atoms with Gasteiger partial charge in [-0.25, -0.2) is 9.78 Å². The van der Waals surface area contributed by atoms with Gasteiger partial charge in [0.25, 0.3) is 0 Å². The average molecular weight is 289 g/mol. The lowest BCUT2D eigenvalue weighted by atomic mass is 10.2. The molecule has 0 unspecified atom stereocenters. The molecule has 1 aromatic carbocycles. The molecule has 0 aliphatic heterocycles.